The molecular formula is C31H41IO3S. The molecule has 0 unspecified atom stereocenters. The van der Waals surface area contributed by atoms with Gasteiger partial charge in [0.15, 0.2) is 0 Å². The van der Waals surface area contributed by atoms with Crippen molar-refractivity contribution in [3.8, 4) is 0 Å². The van der Waals surface area contributed by atoms with E-state index in [0.717, 1.165) is 19.1 Å². The Hall–Kier alpha value is -1.70. The molecule has 0 fully saturated rings. The first-order valence-corrected chi connectivity index (χ1v) is 16.9. The van der Waals surface area contributed by atoms with Crippen LogP contribution in [0, 0.1) is 12.6 Å². The summed E-state index contributed by atoms with van der Waals surface area (Å²) in [7, 11) is -3.92. The molecule has 3 aromatic carbocycles. The normalized spacial score (nSPS) is 13.5. The van der Waals surface area contributed by atoms with E-state index in [2.05, 4.69) is 86.6 Å². The molecule has 0 saturated heterocycles. The number of hydrogen-bond donors (Lipinski definition) is 0. The summed E-state index contributed by atoms with van der Waals surface area (Å²) >= 11 is -2.76. The molecule has 0 aromatic heterocycles. The summed E-state index contributed by atoms with van der Waals surface area (Å²) in [4.78, 5) is 0.208. The fourth-order valence-corrected chi connectivity index (χ4v) is 10.7. The molecule has 3 aromatic rings. The topological polar surface area (TPSA) is 43.4 Å². The average molecular weight is 621 g/mol. The molecule has 0 atom stereocenters. The second-order valence-electron chi connectivity index (χ2n) is 12.7. The van der Waals surface area contributed by atoms with Crippen LogP contribution >= 0.6 is 20.2 Å². The maximum atomic E-state index is 13.5. The van der Waals surface area contributed by atoms with Crippen molar-refractivity contribution in [2.45, 2.75) is 84.5 Å². The van der Waals surface area contributed by atoms with Crippen molar-refractivity contribution >= 4 is 30.4 Å². The summed E-state index contributed by atoms with van der Waals surface area (Å²) in [6.45, 7) is 19.6. The Morgan fingerprint density at radius 2 is 1.00 bits per heavy atom. The van der Waals surface area contributed by atoms with E-state index in [1.165, 1.54) is 11.1 Å². The van der Waals surface area contributed by atoms with Gasteiger partial charge in [0.05, 0.1) is 0 Å². The van der Waals surface area contributed by atoms with Gasteiger partial charge >= 0.3 is 228 Å². The third kappa shape index (κ3) is 7.65. The molecule has 0 aliphatic carbocycles. The molecule has 3 nitrogen and oxygen atoms in total. The Morgan fingerprint density at radius 1 is 0.611 bits per heavy atom. The Balaban J connectivity index is 1.99. The Kier molecular flexibility index (Phi) is 8.48. The Bertz CT molecular complexity index is 1200. The average Bonchev–Trinajstić information content (AvgIpc) is 2.76. The first kappa shape index (κ1) is 28.9. The minimum absolute atomic E-state index is 0.0215. The molecule has 0 spiro atoms. The molecule has 3 rings (SSSR count). The molecule has 0 aliphatic heterocycles. The second kappa shape index (κ2) is 10.6. The van der Waals surface area contributed by atoms with Crippen LogP contribution in [-0.4, -0.2) is 8.42 Å². The van der Waals surface area contributed by atoms with Crippen molar-refractivity contribution in [1.29, 1.82) is 0 Å². The quantitative estimate of drug-likeness (QED) is 0.259. The van der Waals surface area contributed by atoms with Gasteiger partial charge in [-0.1, -0.05) is 0 Å². The van der Waals surface area contributed by atoms with Gasteiger partial charge in [-0.25, -0.2) is 0 Å². The van der Waals surface area contributed by atoms with Crippen LogP contribution in [0.3, 0.4) is 0 Å². The van der Waals surface area contributed by atoms with E-state index in [9.17, 15) is 8.42 Å². The fraction of sp³-hybridized carbons (Fsp3) is 0.419. The van der Waals surface area contributed by atoms with E-state index in [1.54, 1.807) is 12.1 Å². The molecule has 0 amide bonds. The summed E-state index contributed by atoms with van der Waals surface area (Å²) in [5, 5.41) is 0. The van der Waals surface area contributed by atoms with Gasteiger partial charge in [-0.15, -0.1) is 0 Å². The van der Waals surface area contributed by atoms with Crippen molar-refractivity contribution in [3.05, 3.63) is 96.6 Å². The van der Waals surface area contributed by atoms with Crippen LogP contribution in [0.2, 0.25) is 0 Å². The van der Waals surface area contributed by atoms with E-state index in [-0.39, 0.29) is 21.1 Å². The molecule has 5 heteroatoms. The van der Waals surface area contributed by atoms with Gasteiger partial charge < -0.3 is 0 Å². The minimum atomic E-state index is -3.92. The maximum absolute atomic E-state index is 13.5. The van der Waals surface area contributed by atoms with Crippen molar-refractivity contribution < 1.29 is 10.9 Å². The zero-order valence-electron chi connectivity index (χ0n) is 23.1. The monoisotopic (exact) mass is 620 g/mol. The number of hydrogen-bond acceptors (Lipinski definition) is 3. The summed E-state index contributed by atoms with van der Waals surface area (Å²) < 4.78 is 35.0. The first-order valence-electron chi connectivity index (χ1n) is 12.4. The van der Waals surface area contributed by atoms with Crippen LogP contribution in [-0.2, 0) is 29.9 Å². The second-order valence-corrected chi connectivity index (χ2v) is 19.2. The van der Waals surface area contributed by atoms with Crippen molar-refractivity contribution in [1.82, 2.24) is 0 Å². The van der Waals surface area contributed by atoms with Crippen molar-refractivity contribution in [3.63, 3.8) is 0 Å². The van der Waals surface area contributed by atoms with Gasteiger partial charge in [0.2, 0.25) is 0 Å². The van der Waals surface area contributed by atoms with Crippen LogP contribution in [0.1, 0.15) is 79.0 Å². The van der Waals surface area contributed by atoms with E-state index >= 15 is 0 Å². The SMILES string of the molecule is CC(C)(C)Cc1ccc(S(=O)(=O)OI(c2ccc(C(C)(C)C)cc2)c2ccc(C(C)(C)C)cc2)cc1. The van der Waals surface area contributed by atoms with Gasteiger partial charge in [-0.3, -0.25) is 0 Å². The molecule has 0 aliphatic rings. The van der Waals surface area contributed by atoms with Gasteiger partial charge in [-0.05, 0) is 0 Å². The molecule has 0 saturated carbocycles. The predicted molar refractivity (Wildman–Crippen MR) is 160 cm³/mol. The zero-order chi connectivity index (χ0) is 26.9. The molecule has 0 heterocycles. The molecule has 0 N–H and O–H groups in total. The number of benzene rings is 3. The molecule has 0 bridgehead atoms. The van der Waals surface area contributed by atoms with E-state index in [0.29, 0.717) is 0 Å². The van der Waals surface area contributed by atoms with Gasteiger partial charge in [0, 0.05) is 0 Å². The number of rotatable bonds is 6. The molecule has 196 valence electrons. The van der Waals surface area contributed by atoms with Crippen molar-refractivity contribution in [2.75, 3.05) is 0 Å². The van der Waals surface area contributed by atoms with Gasteiger partial charge in [-0.2, -0.15) is 0 Å². The van der Waals surface area contributed by atoms with Crippen LogP contribution in [0.5, 0.6) is 0 Å². The van der Waals surface area contributed by atoms with Crippen LogP contribution in [0.15, 0.2) is 77.7 Å². The molecule has 36 heavy (non-hydrogen) atoms. The zero-order valence-corrected chi connectivity index (χ0v) is 26.1. The van der Waals surface area contributed by atoms with Crippen LogP contribution in [0.25, 0.3) is 0 Å². The first-order chi connectivity index (χ1) is 16.5. The standard InChI is InChI=1S/C31H41IO3S/c1-29(2,3)22-23-10-20-28(21-11-23)36(33,34)35-32(26-16-12-24(13-17-26)30(4,5)6)27-18-14-25(15-19-27)31(7,8)9/h10-21H,22H2,1-9H3. The summed E-state index contributed by atoms with van der Waals surface area (Å²) in [6.07, 6.45) is 0.882. The van der Waals surface area contributed by atoms with Crippen LogP contribution in [0.4, 0.5) is 0 Å². The Morgan fingerprint density at radius 3 is 1.33 bits per heavy atom. The third-order valence-electron chi connectivity index (χ3n) is 5.91. The van der Waals surface area contributed by atoms with Crippen molar-refractivity contribution in [2.24, 2.45) is 5.41 Å². The van der Waals surface area contributed by atoms with E-state index in [4.69, 9.17) is 2.51 Å². The summed E-state index contributed by atoms with van der Waals surface area (Å²) in [6, 6.07) is 23.7. The van der Waals surface area contributed by atoms with Gasteiger partial charge in [0.1, 0.15) is 0 Å². The summed E-state index contributed by atoms with van der Waals surface area (Å²) in [5.41, 5.74) is 3.72. The van der Waals surface area contributed by atoms with E-state index < -0.39 is 30.4 Å². The van der Waals surface area contributed by atoms with E-state index in [1.807, 2.05) is 36.4 Å². The summed E-state index contributed by atoms with van der Waals surface area (Å²) in [5.74, 6) is 0. The predicted octanol–water partition coefficient (Wildman–Crippen LogP) is 8.74. The molecular weight excluding hydrogens is 579 g/mol. The fourth-order valence-electron chi connectivity index (χ4n) is 3.83. The molecule has 0 radical (unpaired) electrons. The Labute approximate surface area is 226 Å². The van der Waals surface area contributed by atoms with Crippen LogP contribution < -0.4 is 0 Å². The number of halogens is 1. The van der Waals surface area contributed by atoms with Gasteiger partial charge in [0.25, 0.3) is 0 Å². The third-order valence-corrected chi connectivity index (χ3v) is 13.3.